The third-order valence-corrected chi connectivity index (χ3v) is 2.13. The molecule has 0 fully saturated rings. The van der Waals surface area contributed by atoms with Crippen molar-refractivity contribution in [2.45, 2.75) is 0 Å². The van der Waals surface area contributed by atoms with Gasteiger partial charge in [-0.15, -0.1) is 0 Å². The molecule has 0 saturated carbocycles. The smallest absolute Gasteiger partial charge is 0.148 e. The molecule has 2 nitrogen and oxygen atoms in total. The summed E-state index contributed by atoms with van der Waals surface area (Å²) in [5.74, 6) is -2.05. The lowest BCUT2D eigenvalue weighted by atomic mass is 10.2. The maximum absolute atomic E-state index is 13.4. The van der Waals surface area contributed by atoms with Crippen LogP contribution in [0.15, 0.2) is 36.4 Å². The van der Waals surface area contributed by atoms with Gasteiger partial charge in [0, 0.05) is 17.4 Å². The first-order valence-electron chi connectivity index (χ1n) is 4.83. The van der Waals surface area contributed by atoms with E-state index in [0.717, 1.165) is 24.3 Å². The van der Waals surface area contributed by atoms with Crippen LogP contribution >= 0.6 is 0 Å². The number of hydrogen-bond acceptors (Lipinski definition) is 2. The molecule has 0 radical (unpaired) electrons. The highest BCUT2D eigenvalue weighted by Gasteiger charge is 2.05. The minimum atomic E-state index is -0.733. The van der Waals surface area contributed by atoms with Gasteiger partial charge in [-0.2, -0.15) is 0 Å². The average Bonchev–Trinajstić information content (AvgIpc) is 2.21. The minimum absolute atomic E-state index is 0.101. The van der Waals surface area contributed by atoms with Crippen molar-refractivity contribution >= 4 is 17.1 Å². The largest absolute Gasteiger partial charge is 0.399 e. The van der Waals surface area contributed by atoms with Crippen molar-refractivity contribution in [3.63, 3.8) is 0 Å². The highest BCUT2D eigenvalue weighted by atomic mass is 19.1. The molecule has 17 heavy (non-hydrogen) atoms. The quantitative estimate of drug-likeness (QED) is 0.786. The lowest BCUT2D eigenvalue weighted by Crippen LogP contribution is -1.96. The van der Waals surface area contributed by atoms with Gasteiger partial charge in [0.25, 0.3) is 0 Å². The molecule has 0 bridgehead atoms. The van der Waals surface area contributed by atoms with Crippen molar-refractivity contribution in [2.24, 2.45) is 0 Å². The Hall–Kier alpha value is -2.17. The van der Waals surface area contributed by atoms with Gasteiger partial charge in [0.05, 0.1) is 5.69 Å². The number of anilines is 3. The molecule has 0 aliphatic heterocycles. The molecule has 0 saturated heterocycles. The van der Waals surface area contributed by atoms with Gasteiger partial charge in [-0.05, 0) is 30.3 Å². The second-order valence-electron chi connectivity index (χ2n) is 3.52. The molecule has 0 aromatic heterocycles. The summed E-state index contributed by atoms with van der Waals surface area (Å²) in [5, 5.41) is 2.57. The Morgan fingerprint density at radius 3 is 2.12 bits per heavy atom. The van der Waals surface area contributed by atoms with Gasteiger partial charge >= 0.3 is 0 Å². The van der Waals surface area contributed by atoms with Gasteiger partial charge in [0.15, 0.2) is 0 Å². The van der Waals surface area contributed by atoms with E-state index in [2.05, 4.69) is 5.32 Å². The van der Waals surface area contributed by atoms with Crippen molar-refractivity contribution in [1.82, 2.24) is 0 Å². The fourth-order valence-corrected chi connectivity index (χ4v) is 1.41. The Morgan fingerprint density at radius 2 is 1.53 bits per heavy atom. The number of nitrogens with one attached hydrogen (secondary N) is 1. The monoisotopic (exact) mass is 238 g/mol. The van der Waals surface area contributed by atoms with E-state index < -0.39 is 17.5 Å². The van der Waals surface area contributed by atoms with Gasteiger partial charge < -0.3 is 11.1 Å². The van der Waals surface area contributed by atoms with Crippen molar-refractivity contribution < 1.29 is 13.2 Å². The summed E-state index contributed by atoms with van der Waals surface area (Å²) < 4.78 is 39.2. The van der Waals surface area contributed by atoms with Crippen molar-refractivity contribution in [2.75, 3.05) is 11.1 Å². The summed E-state index contributed by atoms with van der Waals surface area (Å²) in [7, 11) is 0. The second-order valence-corrected chi connectivity index (χ2v) is 3.52. The normalized spacial score (nSPS) is 10.3. The molecule has 2 aromatic carbocycles. The van der Waals surface area contributed by atoms with Crippen LogP contribution in [0, 0.1) is 17.5 Å². The Morgan fingerprint density at radius 1 is 0.882 bits per heavy atom. The fraction of sp³-hybridized carbons (Fsp3) is 0. The SMILES string of the molecule is Nc1ccc(Nc2cc(F)cc(F)c2)c(F)c1. The van der Waals surface area contributed by atoms with Gasteiger partial charge in [0.2, 0.25) is 0 Å². The fourth-order valence-electron chi connectivity index (χ4n) is 1.41. The Kier molecular flexibility index (Phi) is 2.91. The van der Waals surface area contributed by atoms with Crippen LogP contribution in [0.5, 0.6) is 0 Å². The number of hydrogen-bond donors (Lipinski definition) is 2. The number of rotatable bonds is 2. The van der Waals surface area contributed by atoms with Gasteiger partial charge in [-0.3, -0.25) is 0 Å². The third-order valence-electron chi connectivity index (χ3n) is 2.13. The molecule has 0 spiro atoms. The van der Waals surface area contributed by atoms with Crippen LogP contribution in [-0.2, 0) is 0 Å². The van der Waals surface area contributed by atoms with Crippen LogP contribution in [0.2, 0.25) is 0 Å². The first-order valence-corrected chi connectivity index (χ1v) is 4.83. The highest BCUT2D eigenvalue weighted by molar-refractivity contribution is 5.62. The zero-order valence-corrected chi connectivity index (χ0v) is 8.68. The predicted octanol–water partition coefficient (Wildman–Crippen LogP) is 3.43. The van der Waals surface area contributed by atoms with E-state index in [-0.39, 0.29) is 17.1 Å². The summed E-state index contributed by atoms with van der Waals surface area (Å²) in [6.45, 7) is 0. The first kappa shape index (κ1) is 11.3. The lowest BCUT2D eigenvalue weighted by Gasteiger charge is -2.08. The molecule has 0 aliphatic rings. The van der Waals surface area contributed by atoms with E-state index in [0.29, 0.717) is 0 Å². The summed E-state index contributed by atoms with van der Waals surface area (Å²) in [5.41, 5.74) is 5.89. The van der Waals surface area contributed by atoms with Gasteiger partial charge in [-0.1, -0.05) is 0 Å². The van der Waals surface area contributed by atoms with Crippen LogP contribution in [0.4, 0.5) is 30.2 Å². The zero-order chi connectivity index (χ0) is 12.4. The van der Waals surface area contributed by atoms with E-state index in [9.17, 15) is 13.2 Å². The maximum atomic E-state index is 13.4. The summed E-state index contributed by atoms with van der Waals surface area (Å²) in [6, 6.07) is 6.88. The molecule has 0 atom stereocenters. The van der Waals surface area contributed by atoms with E-state index >= 15 is 0 Å². The molecule has 2 rings (SSSR count). The van der Waals surface area contributed by atoms with Crippen LogP contribution in [0.25, 0.3) is 0 Å². The number of halogens is 3. The molecule has 0 heterocycles. The predicted molar refractivity (Wildman–Crippen MR) is 60.5 cm³/mol. The number of benzene rings is 2. The summed E-state index contributed by atoms with van der Waals surface area (Å²) in [6.07, 6.45) is 0. The molecule has 5 heteroatoms. The van der Waals surface area contributed by atoms with E-state index in [1.807, 2.05) is 0 Å². The zero-order valence-electron chi connectivity index (χ0n) is 8.68. The molecule has 88 valence electrons. The van der Waals surface area contributed by atoms with Crippen LogP contribution in [0.3, 0.4) is 0 Å². The van der Waals surface area contributed by atoms with Crippen LogP contribution < -0.4 is 11.1 Å². The molecule has 2 aromatic rings. The van der Waals surface area contributed by atoms with Gasteiger partial charge in [0.1, 0.15) is 17.5 Å². The number of nitrogens with two attached hydrogens (primary N) is 1. The Labute approximate surface area is 95.9 Å². The molecule has 0 aliphatic carbocycles. The van der Waals surface area contributed by atoms with Crippen molar-refractivity contribution in [3.8, 4) is 0 Å². The van der Waals surface area contributed by atoms with E-state index in [1.165, 1.54) is 12.1 Å². The molecule has 3 N–H and O–H groups in total. The topological polar surface area (TPSA) is 38.0 Å². The Balaban J connectivity index is 2.31. The van der Waals surface area contributed by atoms with Crippen molar-refractivity contribution in [1.29, 1.82) is 0 Å². The van der Waals surface area contributed by atoms with Crippen LogP contribution in [-0.4, -0.2) is 0 Å². The molecule has 0 unspecified atom stereocenters. The first-order chi connectivity index (χ1) is 8.04. The number of nitrogen functional groups attached to an aromatic ring is 1. The van der Waals surface area contributed by atoms with E-state index in [1.54, 1.807) is 0 Å². The second kappa shape index (κ2) is 4.37. The summed E-state index contributed by atoms with van der Waals surface area (Å²) >= 11 is 0. The third kappa shape index (κ3) is 2.69. The van der Waals surface area contributed by atoms with E-state index in [4.69, 9.17) is 5.73 Å². The van der Waals surface area contributed by atoms with Crippen LogP contribution in [0.1, 0.15) is 0 Å². The highest BCUT2D eigenvalue weighted by Crippen LogP contribution is 2.22. The minimum Gasteiger partial charge on any atom is -0.399 e. The molecular weight excluding hydrogens is 229 g/mol. The molecular formula is C12H9F3N2. The summed E-state index contributed by atoms with van der Waals surface area (Å²) in [4.78, 5) is 0. The molecule has 0 amide bonds. The van der Waals surface area contributed by atoms with Gasteiger partial charge in [-0.25, -0.2) is 13.2 Å². The lowest BCUT2D eigenvalue weighted by molar-refractivity contribution is 0.584. The standard InChI is InChI=1S/C12H9F3N2/c13-7-3-8(14)5-10(4-7)17-12-2-1-9(16)6-11(12)15/h1-6,17H,16H2. The average molecular weight is 238 g/mol. The Bertz CT molecular complexity index is 535. The van der Waals surface area contributed by atoms with Crippen molar-refractivity contribution in [3.05, 3.63) is 53.8 Å². The maximum Gasteiger partial charge on any atom is 0.148 e.